The van der Waals surface area contributed by atoms with Crippen LogP contribution in [-0.4, -0.2) is 93.2 Å². The third-order valence-corrected chi connectivity index (χ3v) is 7.40. The fourth-order valence-electron chi connectivity index (χ4n) is 4.47. The zero-order chi connectivity index (χ0) is 21.7. The van der Waals surface area contributed by atoms with Crippen LogP contribution in [-0.2, 0) is 26.0 Å². The number of ether oxygens (including phenoxy) is 1. The van der Waals surface area contributed by atoms with E-state index < -0.39 is 10.0 Å². The molecule has 2 fully saturated rings. The standard InChI is InChI=1S/C22H35N3O4S/c1-23(2)22(26)21-16-20(29-19-11-14-25(15-12-19)30(3,27)28)17-24(21)13-7-10-18-8-5-4-6-9-18/h4-6,8-9,19-21H,7,10-17H2,1-3H3/t20-,21-/m0/s1. The minimum Gasteiger partial charge on any atom is -0.373 e. The van der Waals surface area contributed by atoms with E-state index in [1.54, 1.807) is 19.0 Å². The van der Waals surface area contributed by atoms with Gasteiger partial charge < -0.3 is 9.64 Å². The van der Waals surface area contributed by atoms with Crippen molar-refractivity contribution in [3.05, 3.63) is 35.9 Å². The molecule has 0 unspecified atom stereocenters. The van der Waals surface area contributed by atoms with Crippen LogP contribution < -0.4 is 0 Å². The zero-order valence-electron chi connectivity index (χ0n) is 18.4. The van der Waals surface area contributed by atoms with E-state index in [0.717, 1.165) is 25.9 Å². The third kappa shape index (κ3) is 6.26. The van der Waals surface area contributed by atoms with Gasteiger partial charge in [-0.1, -0.05) is 30.3 Å². The Morgan fingerprint density at radius 1 is 1.13 bits per heavy atom. The molecular weight excluding hydrogens is 402 g/mol. The summed E-state index contributed by atoms with van der Waals surface area (Å²) in [5, 5.41) is 0. The number of sulfonamides is 1. The molecule has 2 atom stereocenters. The van der Waals surface area contributed by atoms with Crippen LogP contribution in [0.5, 0.6) is 0 Å². The van der Waals surface area contributed by atoms with Crippen molar-refractivity contribution >= 4 is 15.9 Å². The number of hydrogen-bond donors (Lipinski definition) is 0. The first-order valence-corrected chi connectivity index (χ1v) is 12.7. The van der Waals surface area contributed by atoms with Crippen LogP contribution >= 0.6 is 0 Å². The number of aryl methyl sites for hydroxylation is 1. The zero-order valence-corrected chi connectivity index (χ0v) is 19.2. The molecule has 30 heavy (non-hydrogen) atoms. The van der Waals surface area contributed by atoms with Gasteiger partial charge in [0.25, 0.3) is 0 Å². The topological polar surface area (TPSA) is 70.2 Å². The van der Waals surface area contributed by atoms with Crippen LogP contribution in [0.2, 0.25) is 0 Å². The first-order chi connectivity index (χ1) is 14.2. The Morgan fingerprint density at radius 3 is 2.40 bits per heavy atom. The SMILES string of the molecule is CN(C)C(=O)[C@@H]1C[C@H](OC2CCN(S(C)(=O)=O)CC2)CN1CCCc1ccccc1. The maximum absolute atomic E-state index is 12.7. The molecule has 0 aliphatic carbocycles. The summed E-state index contributed by atoms with van der Waals surface area (Å²) in [5.41, 5.74) is 1.32. The van der Waals surface area contributed by atoms with Crippen molar-refractivity contribution < 1.29 is 17.9 Å². The van der Waals surface area contributed by atoms with E-state index in [9.17, 15) is 13.2 Å². The predicted octanol–water partition coefficient (Wildman–Crippen LogP) is 1.59. The second-order valence-corrected chi connectivity index (χ2v) is 10.7. The Labute approximate surface area is 181 Å². The molecule has 2 heterocycles. The molecule has 2 aliphatic heterocycles. The number of piperidine rings is 1. The van der Waals surface area contributed by atoms with Gasteiger partial charge in [0, 0.05) is 33.7 Å². The fourth-order valence-corrected chi connectivity index (χ4v) is 5.34. The van der Waals surface area contributed by atoms with Gasteiger partial charge in [-0.3, -0.25) is 9.69 Å². The fraction of sp³-hybridized carbons (Fsp3) is 0.682. The quantitative estimate of drug-likeness (QED) is 0.618. The average Bonchev–Trinajstić information content (AvgIpc) is 3.10. The van der Waals surface area contributed by atoms with Gasteiger partial charge in [-0.15, -0.1) is 0 Å². The number of carbonyl (C=O) groups excluding carboxylic acids is 1. The lowest BCUT2D eigenvalue weighted by atomic mass is 10.1. The molecule has 1 aromatic rings. The molecule has 0 radical (unpaired) electrons. The van der Waals surface area contributed by atoms with E-state index in [1.165, 1.54) is 16.1 Å². The lowest BCUT2D eigenvalue weighted by Crippen LogP contribution is -2.43. The van der Waals surface area contributed by atoms with E-state index in [-0.39, 0.29) is 24.2 Å². The van der Waals surface area contributed by atoms with Crippen molar-refractivity contribution in [2.24, 2.45) is 0 Å². The van der Waals surface area contributed by atoms with Gasteiger partial charge in [0.15, 0.2) is 0 Å². The molecule has 7 nitrogen and oxygen atoms in total. The monoisotopic (exact) mass is 437 g/mol. The summed E-state index contributed by atoms with van der Waals surface area (Å²) < 4.78 is 31.3. The number of rotatable bonds is 8. The highest BCUT2D eigenvalue weighted by Gasteiger charge is 2.39. The maximum Gasteiger partial charge on any atom is 0.239 e. The van der Waals surface area contributed by atoms with Gasteiger partial charge in [0.1, 0.15) is 0 Å². The number of benzene rings is 1. The van der Waals surface area contributed by atoms with E-state index in [0.29, 0.717) is 32.4 Å². The second kappa shape index (κ2) is 10.2. The minimum atomic E-state index is -3.13. The Hall–Kier alpha value is -1.48. The molecule has 0 N–H and O–H groups in total. The van der Waals surface area contributed by atoms with Gasteiger partial charge >= 0.3 is 0 Å². The van der Waals surface area contributed by atoms with Crippen molar-refractivity contribution in [3.63, 3.8) is 0 Å². The van der Waals surface area contributed by atoms with Crippen LogP contribution in [0.4, 0.5) is 0 Å². The predicted molar refractivity (Wildman–Crippen MR) is 118 cm³/mol. The highest BCUT2D eigenvalue weighted by molar-refractivity contribution is 7.88. The lowest BCUT2D eigenvalue weighted by Gasteiger charge is -2.31. The van der Waals surface area contributed by atoms with E-state index >= 15 is 0 Å². The molecule has 8 heteroatoms. The van der Waals surface area contributed by atoms with Gasteiger partial charge in [-0.05, 0) is 44.2 Å². The number of likely N-dealkylation sites (tertiary alicyclic amines) is 1. The highest BCUT2D eigenvalue weighted by atomic mass is 32.2. The van der Waals surface area contributed by atoms with Gasteiger partial charge in [0.2, 0.25) is 15.9 Å². The second-order valence-electron chi connectivity index (χ2n) is 8.69. The normalized spacial score (nSPS) is 24.2. The number of likely N-dealkylation sites (N-methyl/N-ethyl adjacent to an activating group) is 1. The Kier molecular flexibility index (Phi) is 7.90. The van der Waals surface area contributed by atoms with Crippen molar-refractivity contribution in [1.29, 1.82) is 0 Å². The summed E-state index contributed by atoms with van der Waals surface area (Å²) in [5.74, 6) is 0.132. The molecule has 0 bridgehead atoms. The number of carbonyl (C=O) groups is 1. The number of nitrogens with zero attached hydrogens (tertiary/aromatic N) is 3. The van der Waals surface area contributed by atoms with Crippen LogP contribution in [0, 0.1) is 0 Å². The van der Waals surface area contributed by atoms with E-state index in [2.05, 4.69) is 29.2 Å². The lowest BCUT2D eigenvalue weighted by molar-refractivity contribution is -0.133. The molecule has 2 saturated heterocycles. The van der Waals surface area contributed by atoms with Crippen molar-refractivity contribution in [2.45, 2.75) is 50.4 Å². The molecule has 0 spiro atoms. The Balaban J connectivity index is 1.53. The maximum atomic E-state index is 12.7. The van der Waals surface area contributed by atoms with Crippen molar-refractivity contribution in [2.75, 3.05) is 46.5 Å². The van der Waals surface area contributed by atoms with Gasteiger partial charge in [0.05, 0.1) is 24.5 Å². The minimum absolute atomic E-state index is 0.0189. The summed E-state index contributed by atoms with van der Waals surface area (Å²) in [6.45, 7) is 2.64. The number of amides is 1. The molecular formula is C22H35N3O4S. The van der Waals surface area contributed by atoms with Crippen molar-refractivity contribution in [1.82, 2.24) is 14.1 Å². The first-order valence-electron chi connectivity index (χ1n) is 10.8. The highest BCUT2D eigenvalue weighted by Crippen LogP contribution is 2.26. The average molecular weight is 438 g/mol. The van der Waals surface area contributed by atoms with Gasteiger partial charge in [-0.25, -0.2) is 12.7 Å². The number of hydrogen-bond acceptors (Lipinski definition) is 5. The molecule has 0 aromatic heterocycles. The summed E-state index contributed by atoms with van der Waals surface area (Å²) in [4.78, 5) is 16.7. The van der Waals surface area contributed by atoms with Crippen LogP contribution in [0.25, 0.3) is 0 Å². The molecule has 0 saturated carbocycles. The molecule has 1 amide bonds. The summed E-state index contributed by atoms with van der Waals surface area (Å²) in [6, 6.07) is 10.3. The smallest absolute Gasteiger partial charge is 0.239 e. The third-order valence-electron chi connectivity index (χ3n) is 6.10. The van der Waals surface area contributed by atoms with Gasteiger partial charge in [-0.2, -0.15) is 0 Å². The van der Waals surface area contributed by atoms with E-state index in [4.69, 9.17) is 4.74 Å². The van der Waals surface area contributed by atoms with Crippen molar-refractivity contribution in [3.8, 4) is 0 Å². The summed E-state index contributed by atoms with van der Waals surface area (Å²) >= 11 is 0. The van der Waals surface area contributed by atoms with Crippen LogP contribution in [0.3, 0.4) is 0 Å². The first kappa shape index (κ1) is 23.2. The molecule has 3 rings (SSSR count). The molecule has 1 aromatic carbocycles. The molecule has 168 valence electrons. The largest absolute Gasteiger partial charge is 0.373 e. The molecule has 2 aliphatic rings. The Bertz CT molecular complexity index is 792. The Morgan fingerprint density at radius 2 is 1.80 bits per heavy atom. The van der Waals surface area contributed by atoms with E-state index in [1.807, 2.05) is 6.07 Å². The summed E-state index contributed by atoms with van der Waals surface area (Å²) in [7, 11) is 0.482. The summed E-state index contributed by atoms with van der Waals surface area (Å²) in [6.07, 6.45) is 5.46. The van der Waals surface area contributed by atoms with Crippen LogP contribution in [0.1, 0.15) is 31.2 Å². The van der Waals surface area contributed by atoms with Crippen LogP contribution in [0.15, 0.2) is 30.3 Å².